The molecule has 0 aliphatic carbocycles. The zero-order valence-electron chi connectivity index (χ0n) is 16.8. The Hall–Kier alpha value is -2.17. The zero-order valence-corrected chi connectivity index (χ0v) is 16.8. The number of esters is 1. The van der Waals surface area contributed by atoms with Gasteiger partial charge in [-0.05, 0) is 41.7 Å². The third kappa shape index (κ3) is 7.45. The van der Waals surface area contributed by atoms with Crippen LogP contribution in [0.25, 0.3) is 11.1 Å². The fourth-order valence-electron chi connectivity index (χ4n) is 3.08. The number of benzene rings is 2. The first kappa shape index (κ1) is 22.1. The Morgan fingerprint density at radius 1 is 0.893 bits per heavy atom. The number of aliphatic hydroxyl groups is 2. The lowest BCUT2D eigenvalue weighted by Crippen LogP contribution is -2.21. The summed E-state index contributed by atoms with van der Waals surface area (Å²) in [6.45, 7) is 1.60. The number of unbranched alkanes of at least 4 members (excludes halogenated alkanes) is 5. The molecule has 0 aliphatic rings. The molecule has 1 atom stereocenters. The highest BCUT2D eigenvalue weighted by Gasteiger charge is 2.10. The van der Waals surface area contributed by atoms with Gasteiger partial charge in [-0.3, -0.25) is 0 Å². The van der Waals surface area contributed by atoms with Crippen LogP contribution in [0.15, 0.2) is 48.5 Å². The molecule has 0 spiro atoms. The van der Waals surface area contributed by atoms with Gasteiger partial charge in [-0.2, -0.15) is 0 Å². The van der Waals surface area contributed by atoms with E-state index in [1.807, 2.05) is 12.1 Å². The summed E-state index contributed by atoms with van der Waals surface area (Å²) in [5.74, 6) is -0.506. The summed E-state index contributed by atoms with van der Waals surface area (Å²) in [6, 6.07) is 15.8. The van der Waals surface area contributed by atoms with Crippen LogP contribution in [0.4, 0.5) is 0 Å². The molecule has 0 saturated carbocycles. The van der Waals surface area contributed by atoms with Crippen molar-refractivity contribution in [1.82, 2.24) is 0 Å². The number of rotatable bonds is 12. The van der Waals surface area contributed by atoms with Crippen LogP contribution in [0.5, 0.6) is 0 Å². The van der Waals surface area contributed by atoms with Crippen LogP contribution in [-0.2, 0) is 11.2 Å². The number of ether oxygens (including phenoxy) is 1. The van der Waals surface area contributed by atoms with Gasteiger partial charge in [0.25, 0.3) is 0 Å². The van der Waals surface area contributed by atoms with Gasteiger partial charge < -0.3 is 14.9 Å². The SMILES string of the molecule is CCCCCCCCc1ccc(-c2ccc(C(=O)OCC(O)CO)cc2)cc1. The van der Waals surface area contributed by atoms with E-state index in [4.69, 9.17) is 9.84 Å². The Morgan fingerprint density at radius 3 is 2.07 bits per heavy atom. The Morgan fingerprint density at radius 2 is 1.46 bits per heavy atom. The molecular weight excluding hydrogens is 352 g/mol. The molecule has 0 radical (unpaired) electrons. The Bertz CT molecular complexity index is 692. The predicted molar refractivity (Wildman–Crippen MR) is 112 cm³/mol. The Labute approximate surface area is 168 Å². The van der Waals surface area contributed by atoms with E-state index in [1.54, 1.807) is 12.1 Å². The van der Waals surface area contributed by atoms with Crippen molar-refractivity contribution in [3.63, 3.8) is 0 Å². The van der Waals surface area contributed by atoms with Crippen LogP contribution in [0.1, 0.15) is 61.4 Å². The minimum absolute atomic E-state index is 0.211. The van der Waals surface area contributed by atoms with Crippen molar-refractivity contribution < 1.29 is 19.7 Å². The van der Waals surface area contributed by atoms with Gasteiger partial charge in [-0.1, -0.05) is 75.4 Å². The van der Waals surface area contributed by atoms with Gasteiger partial charge in [0.1, 0.15) is 12.7 Å². The van der Waals surface area contributed by atoms with Crippen LogP contribution < -0.4 is 0 Å². The molecule has 0 bridgehead atoms. The summed E-state index contributed by atoms with van der Waals surface area (Å²) in [6.07, 6.45) is 7.93. The van der Waals surface area contributed by atoms with E-state index in [-0.39, 0.29) is 6.61 Å². The normalized spacial score (nSPS) is 12.0. The number of hydrogen-bond acceptors (Lipinski definition) is 4. The van der Waals surface area contributed by atoms with Crippen molar-refractivity contribution in [3.05, 3.63) is 59.7 Å². The van der Waals surface area contributed by atoms with Crippen molar-refractivity contribution in [1.29, 1.82) is 0 Å². The summed E-state index contributed by atoms with van der Waals surface area (Å²) in [4.78, 5) is 11.9. The van der Waals surface area contributed by atoms with Crippen LogP contribution in [-0.4, -0.2) is 35.5 Å². The fourth-order valence-corrected chi connectivity index (χ4v) is 3.08. The maximum absolute atomic E-state index is 11.9. The lowest BCUT2D eigenvalue weighted by molar-refractivity contribution is 0.00933. The van der Waals surface area contributed by atoms with Crippen molar-refractivity contribution in [2.45, 2.75) is 58.0 Å². The first-order valence-corrected chi connectivity index (χ1v) is 10.3. The van der Waals surface area contributed by atoms with Crippen LogP contribution in [0.2, 0.25) is 0 Å². The highest BCUT2D eigenvalue weighted by Crippen LogP contribution is 2.21. The molecule has 2 N–H and O–H groups in total. The topological polar surface area (TPSA) is 66.8 Å². The second-order valence-corrected chi connectivity index (χ2v) is 7.23. The standard InChI is InChI=1S/C24H32O4/c1-2-3-4-5-6-7-8-19-9-11-20(12-10-19)21-13-15-22(16-14-21)24(27)28-18-23(26)17-25/h9-16,23,25-26H,2-8,17-18H2,1H3. The van der Waals surface area contributed by atoms with Crippen molar-refractivity contribution in [2.24, 2.45) is 0 Å². The molecule has 0 saturated heterocycles. The smallest absolute Gasteiger partial charge is 0.338 e. The molecular formula is C24H32O4. The van der Waals surface area contributed by atoms with Crippen molar-refractivity contribution in [3.8, 4) is 11.1 Å². The first-order valence-electron chi connectivity index (χ1n) is 10.3. The number of carbonyl (C=O) groups is 1. The molecule has 152 valence electrons. The van der Waals surface area contributed by atoms with E-state index >= 15 is 0 Å². The Balaban J connectivity index is 1.83. The molecule has 0 fully saturated rings. The molecule has 0 heterocycles. The lowest BCUT2D eigenvalue weighted by atomic mass is 10.00. The van der Waals surface area contributed by atoms with Crippen LogP contribution in [0, 0.1) is 0 Å². The van der Waals surface area contributed by atoms with Gasteiger partial charge in [0.2, 0.25) is 0 Å². The molecule has 0 amide bonds. The van der Waals surface area contributed by atoms with Gasteiger partial charge in [-0.15, -0.1) is 0 Å². The molecule has 0 aromatic heterocycles. The van der Waals surface area contributed by atoms with E-state index < -0.39 is 18.7 Å². The molecule has 2 rings (SSSR count). The van der Waals surface area contributed by atoms with Gasteiger partial charge >= 0.3 is 5.97 Å². The highest BCUT2D eigenvalue weighted by atomic mass is 16.5. The minimum atomic E-state index is -1.04. The molecule has 4 nitrogen and oxygen atoms in total. The monoisotopic (exact) mass is 384 g/mol. The second-order valence-electron chi connectivity index (χ2n) is 7.23. The summed E-state index contributed by atoms with van der Waals surface area (Å²) >= 11 is 0. The largest absolute Gasteiger partial charge is 0.459 e. The minimum Gasteiger partial charge on any atom is -0.459 e. The summed E-state index contributed by atoms with van der Waals surface area (Å²) in [7, 11) is 0. The maximum Gasteiger partial charge on any atom is 0.338 e. The van der Waals surface area contributed by atoms with E-state index in [2.05, 4.69) is 31.2 Å². The second kappa shape index (κ2) is 12.3. The molecule has 1 unspecified atom stereocenters. The molecule has 28 heavy (non-hydrogen) atoms. The average Bonchev–Trinajstić information content (AvgIpc) is 2.74. The molecule has 0 aliphatic heterocycles. The van der Waals surface area contributed by atoms with E-state index in [9.17, 15) is 9.90 Å². The predicted octanol–water partition coefficient (Wildman–Crippen LogP) is 4.77. The van der Waals surface area contributed by atoms with Crippen molar-refractivity contribution >= 4 is 5.97 Å². The molecule has 2 aromatic rings. The number of hydrogen-bond donors (Lipinski definition) is 2. The van der Waals surface area contributed by atoms with Gasteiger partial charge in [0.15, 0.2) is 0 Å². The zero-order chi connectivity index (χ0) is 20.2. The summed E-state index contributed by atoms with van der Waals surface area (Å²) in [5, 5.41) is 18.0. The summed E-state index contributed by atoms with van der Waals surface area (Å²) < 4.78 is 4.96. The highest BCUT2D eigenvalue weighted by molar-refractivity contribution is 5.90. The Kier molecular flexibility index (Phi) is 9.73. The average molecular weight is 385 g/mol. The van der Waals surface area contributed by atoms with Crippen LogP contribution in [0.3, 0.4) is 0 Å². The number of aliphatic hydroxyl groups excluding tert-OH is 2. The van der Waals surface area contributed by atoms with E-state index in [0.717, 1.165) is 17.5 Å². The van der Waals surface area contributed by atoms with Crippen LogP contribution >= 0.6 is 0 Å². The van der Waals surface area contributed by atoms with Gasteiger partial charge in [-0.25, -0.2) is 4.79 Å². The fraction of sp³-hybridized carbons (Fsp3) is 0.458. The molecule has 2 aromatic carbocycles. The summed E-state index contributed by atoms with van der Waals surface area (Å²) in [5.41, 5.74) is 3.94. The first-order chi connectivity index (χ1) is 13.6. The van der Waals surface area contributed by atoms with Gasteiger partial charge in [0.05, 0.1) is 12.2 Å². The third-order valence-electron chi connectivity index (χ3n) is 4.84. The number of aryl methyl sites for hydroxylation is 1. The maximum atomic E-state index is 11.9. The van der Waals surface area contributed by atoms with E-state index in [1.165, 1.54) is 44.1 Å². The third-order valence-corrected chi connectivity index (χ3v) is 4.84. The quantitative estimate of drug-likeness (QED) is 0.409. The van der Waals surface area contributed by atoms with Crippen molar-refractivity contribution in [2.75, 3.05) is 13.2 Å². The number of carbonyl (C=O) groups excluding carboxylic acids is 1. The molecule has 4 heteroatoms. The van der Waals surface area contributed by atoms with Gasteiger partial charge in [0, 0.05) is 0 Å². The van der Waals surface area contributed by atoms with E-state index in [0.29, 0.717) is 5.56 Å². The lowest BCUT2D eigenvalue weighted by Gasteiger charge is -2.09.